The predicted octanol–water partition coefficient (Wildman–Crippen LogP) is 3.00. The molecule has 0 bridgehead atoms. The number of nitrogens with one attached hydrogen (secondary N) is 3. The van der Waals surface area contributed by atoms with Crippen molar-refractivity contribution in [1.82, 2.24) is 10.6 Å². The summed E-state index contributed by atoms with van der Waals surface area (Å²) in [7, 11) is 0. The molecular weight excluding hydrogens is 316 g/mol. The molecule has 1 amide bonds. The fraction of sp³-hybridized carbons (Fsp3) is 0.368. The van der Waals surface area contributed by atoms with Crippen LogP contribution in [0.15, 0.2) is 52.1 Å². The van der Waals surface area contributed by atoms with Crippen molar-refractivity contribution in [3.8, 4) is 0 Å². The Morgan fingerprint density at radius 2 is 2.04 bits per heavy atom. The lowest BCUT2D eigenvalue weighted by Gasteiger charge is -2.11. The van der Waals surface area contributed by atoms with E-state index in [4.69, 9.17) is 4.42 Å². The van der Waals surface area contributed by atoms with Crippen LogP contribution < -0.4 is 16.0 Å². The minimum atomic E-state index is -0.257. The Hall–Kier alpha value is -2.76. The van der Waals surface area contributed by atoms with Gasteiger partial charge in [0.2, 0.25) is 0 Å². The Kier molecular flexibility index (Phi) is 5.38. The number of amides is 1. The fourth-order valence-corrected chi connectivity index (χ4v) is 2.48. The number of nitrogens with zero attached hydrogens (tertiary/aromatic N) is 1. The molecule has 1 fully saturated rings. The number of rotatable bonds is 6. The van der Waals surface area contributed by atoms with Crippen LogP contribution in [-0.4, -0.2) is 24.5 Å². The third-order valence-electron chi connectivity index (χ3n) is 4.15. The van der Waals surface area contributed by atoms with Gasteiger partial charge in [0.15, 0.2) is 11.7 Å². The predicted molar refractivity (Wildman–Crippen MR) is 98.6 cm³/mol. The zero-order valence-electron chi connectivity index (χ0n) is 14.6. The maximum absolute atomic E-state index is 11.9. The Labute approximate surface area is 147 Å². The van der Waals surface area contributed by atoms with Crippen molar-refractivity contribution in [2.75, 3.05) is 11.9 Å². The number of guanidine groups is 1. The highest BCUT2D eigenvalue weighted by Gasteiger charge is 2.33. The molecular formula is C19H24N4O2. The molecule has 0 spiro atoms. The molecule has 25 heavy (non-hydrogen) atoms. The molecule has 1 aliphatic rings. The second-order valence-electron chi connectivity index (χ2n) is 6.29. The second-order valence-corrected chi connectivity index (χ2v) is 6.29. The number of hydrogen-bond donors (Lipinski definition) is 3. The van der Waals surface area contributed by atoms with Gasteiger partial charge in [0.1, 0.15) is 0 Å². The summed E-state index contributed by atoms with van der Waals surface area (Å²) in [6, 6.07) is 11.5. The molecule has 2 unspecified atom stereocenters. The highest BCUT2D eigenvalue weighted by Crippen LogP contribution is 2.28. The van der Waals surface area contributed by atoms with E-state index < -0.39 is 0 Å². The number of furan rings is 1. The van der Waals surface area contributed by atoms with E-state index in [0.717, 1.165) is 29.7 Å². The average molecular weight is 340 g/mol. The number of hydrogen-bond acceptors (Lipinski definition) is 3. The van der Waals surface area contributed by atoms with Crippen LogP contribution in [0.3, 0.4) is 0 Å². The Morgan fingerprint density at radius 3 is 2.64 bits per heavy atom. The molecule has 6 nitrogen and oxygen atoms in total. The molecule has 0 saturated heterocycles. The van der Waals surface area contributed by atoms with E-state index in [9.17, 15) is 4.79 Å². The van der Waals surface area contributed by atoms with Crippen molar-refractivity contribution in [3.05, 3.63) is 54.0 Å². The van der Waals surface area contributed by atoms with Crippen molar-refractivity contribution in [2.24, 2.45) is 10.9 Å². The molecule has 1 aliphatic carbocycles. The molecule has 3 N–H and O–H groups in total. The van der Waals surface area contributed by atoms with Crippen molar-refractivity contribution < 1.29 is 9.21 Å². The van der Waals surface area contributed by atoms with E-state index in [0.29, 0.717) is 18.3 Å². The molecule has 1 aromatic carbocycles. The van der Waals surface area contributed by atoms with E-state index in [-0.39, 0.29) is 5.91 Å². The molecule has 2 atom stereocenters. The minimum Gasteiger partial charge on any atom is -0.459 e. The quantitative estimate of drug-likeness (QED) is 0.558. The smallest absolute Gasteiger partial charge is 0.291 e. The number of anilines is 1. The van der Waals surface area contributed by atoms with Crippen LogP contribution in [0, 0.1) is 5.92 Å². The summed E-state index contributed by atoms with van der Waals surface area (Å²) in [5, 5.41) is 9.51. The summed E-state index contributed by atoms with van der Waals surface area (Å²) < 4.78 is 5.08. The zero-order valence-corrected chi connectivity index (χ0v) is 14.6. The van der Waals surface area contributed by atoms with Gasteiger partial charge >= 0.3 is 0 Å². The minimum absolute atomic E-state index is 0.257. The summed E-state index contributed by atoms with van der Waals surface area (Å²) in [5.74, 6) is 1.62. The topological polar surface area (TPSA) is 78.7 Å². The molecule has 1 aromatic heterocycles. The monoisotopic (exact) mass is 340 g/mol. The largest absolute Gasteiger partial charge is 0.459 e. The lowest BCUT2D eigenvalue weighted by molar-refractivity contribution is 0.0996. The third kappa shape index (κ3) is 4.86. The lowest BCUT2D eigenvalue weighted by atomic mass is 10.2. The first-order chi connectivity index (χ1) is 12.2. The van der Waals surface area contributed by atoms with Crippen LogP contribution in [0.1, 0.15) is 36.4 Å². The molecule has 6 heteroatoms. The first-order valence-corrected chi connectivity index (χ1v) is 8.64. The summed E-state index contributed by atoms with van der Waals surface area (Å²) >= 11 is 0. The van der Waals surface area contributed by atoms with Crippen LogP contribution >= 0.6 is 0 Å². The first-order valence-electron chi connectivity index (χ1n) is 8.64. The van der Waals surface area contributed by atoms with Gasteiger partial charge in [0.25, 0.3) is 5.91 Å². The van der Waals surface area contributed by atoms with Crippen molar-refractivity contribution in [2.45, 2.75) is 32.9 Å². The highest BCUT2D eigenvalue weighted by atomic mass is 16.3. The highest BCUT2D eigenvalue weighted by molar-refractivity contribution is 6.02. The summed E-state index contributed by atoms with van der Waals surface area (Å²) in [6.45, 7) is 5.72. The molecule has 1 heterocycles. The maximum atomic E-state index is 11.9. The number of carbonyl (C=O) groups excluding carboxylic acids is 1. The summed E-state index contributed by atoms with van der Waals surface area (Å²) in [5.41, 5.74) is 1.81. The molecule has 0 aliphatic heterocycles. The zero-order chi connectivity index (χ0) is 17.6. The van der Waals surface area contributed by atoms with Gasteiger partial charge in [-0.05, 0) is 49.1 Å². The average Bonchev–Trinajstić information content (AvgIpc) is 3.08. The Bertz CT molecular complexity index is 722. The van der Waals surface area contributed by atoms with E-state index in [1.165, 1.54) is 12.7 Å². The van der Waals surface area contributed by atoms with Gasteiger partial charge in [-0.25, -0.2) is 4.99 Å². The van der Waals surface area contributed by atoms with Gasteiger partial charge in [0.05, 0.1) is 12.8 Å². The van der Waals surface area contributed by atoms with Gasteiger partial charge < -0.3 is 20.4 Å². The molecule has 1 saturated carbocycles. The third-order valence-corrected chi connectivity index (χ3v) is 4.15. The van der Waals surface area contributed by atoms with Crippen molar-refractivity contribution >= 4 is 17.6 Å². The first kappa shape index (κ1) is 17.1. The van der Waals surface area contributed by atoms with E-state index in [1.807, 2.05) is 24.3 Å². The van der Waals surface area contributed by atoms with Crippen LogP contribution in [0.25, 0.3) is 0 Å². The lowest BCUT2D eigenvalue weighted by Crippen LogP contribution is -2.39. The number of aliphatic imine (C=N–C) groups is 1. The molecule has 2 aromatic rings. The fourth-order valence-electron chi connectivity index (χ4n) is 2.48. The molecule has 3 rings (SSSR count). The van der Waals surface area contributed by atoms with Crippen LogP contribution in [0.5, 0.6) is 0 Å². The normalized spacial score (nSPS) is 19.4. The van der Waals surface area contributed by atoms with Gasteiger partial charge in [-0.3, -0.25) is 4.79 Å². The molecule has 132 valence electrons. The summed E-state index contributed by atoms with van der Waals surface area (Å²) in [6.07, 6.45) is 2.68. The van der Waals surface area contributed by atoms with Crippen molar-refractivity contribution in [1.29, 1.82) is 0 Å². The number of carbonyl (C=O) groups is 1. The SMILES string of the molecule is CCNC(=NCc1ccc(NC(=O)c2ccco2)cc1)NC1CC1C. The second kappa shape index (κ2) is 7.88. The van der Waals surface area contributed by atoms with E-state index >= 15 is 0 Å². The Balaban J connectivity index is 1.56. The van der Waals surface area contributed by atoms with E-state index in [1.54, 1.807) is 12.1 Å². The van der Waals surface area contributed by atoms with Gasteiger partial charge in [-0.15, -0.1) is 0 Å². The van der Waals surface area contributed by atoms with Gasteiger partial charge in [0, 0.05) is 18.3 Å². The number of benzene rings is 1. The van der Waals surface area contributed by atoms with Crippen LogP contribution in [0.4, 0.5) is 5.69 Å². The van der Waals surface area contributed by atoms with Gasteiger partial charge in [-0.1, -0.05) is 19.1 Å². The Morgan fingerprint density at radius 1 is 1.28 bits per heavy atom. The van der Waals surface area contributed by atoms with Crippen LogP contribution in [0.2, 0.25) is 0 Å². The van der Waals surface area contributed by atoms with Gasteiger partial charge in [-0.2, -0.15) is 0 Å². The molecule has 0 radical (unpaired) electrons. The van der Waals surface area contributed by atoms with Crippen LogP contribution in [-0.2, 0) is 6.54 Å². The summed E-state index contributed by atoms with van der Waals surface area (Å²) in [4.78, 5) is 16.6. The maximum Gasteiger partial charge on any atom is 0.291 e. The standard InChI is InChI=1S/C19H24N4O2/c1-3-20-19(23-16-11-13(16)2)21-12-14-6-8-15(9-7-14)22-18(24)17-5-4-10-25-17/h4-10,13,16H,3,11-12H2,1-2H3,(H,22,24)(H2,20,21,23). The van der Waals surface area contributed by atoms with E-state index in [2.05, 4.69) is 34.8 Å². The van der Waals surface area contributed by atoms with Crippen molar-refractivity contribution in [3.63, 3.8) is 0 Å².